The van der Waals surface area contributed by atoms with Gasteiger partial charge in [-0.3, -0.25) is 4.79 Å². The van der Waals surface area contributed by atoms with Crippen LogP contribution in [-0.2, 0) is 9.53 Å². The SMILES string of the molecule is CC(=O)C1CCC2(C)OC2C1. The second-order valence-electron chi connectivity index (χ2n) is 4.00. The first-order chi connectivity index (χ1) is 5.12. The van der Waals surface area contributed by atoms with Gasteiger partial charge in [0.1, 0.15) is 5.78 Å². The van der Waals surface area contributed by atoms with Gasteiger partial charge in [0.2, 0.25) is 0 Å². The monoisotopic (exact) mass is 154 g/mol. The molecule has 0 aromatic carbocycles. The fourth-order valence-electron chi connectivity index (χ4n) is 2.01. The van der Waals surface area contributed by atoms with Gasteiger partial charge in [-0.15, -0.1) is 0 Å². The summed E-state index contributed by atoms with van der Waals surface area (Å²) in [5, 5.41) is 0. The molecule has 3 atom stereocenters. The maximum Gasteiger partial charge on any atom is 0.133 e. The van der Waals surface area contributed by atoms with Crippen molar-refractivity contribution < 1.29 is 9.53 Å². The highest BCUT2D eigenvalue weighted by molar-refractivity contribution is 5.78. The van der Waals surface area contributed by atoms with Gasteiger partial charge in [0.15, 0.2) is 0 Å². The van der Waals surface area contributed by atoms with Gasteiger partial charge in [-0.05, 0) is 33.1 Å². The molecular formula is C9H14O2. The van der Waals surface area contributed by atoms with E-state index in [2.05, 4.69) is 6.92 Å². The van der Waals surface area contributed by atoms with Crippen LogP contribution in [0, 0.1) is 5.92 Å². The van der Waals surface area contributed by atoms with Crippen LogP contribution in [0.4, 0.5) is 0 Å². The van der Waals surface area contributed by atoms with Gasteiger partial charge in [0, 0.05) is 5.92 Å². The molecule has 62 valence electrons. The second kappa shape index (κ2) is 2.07. The van der Waals surface area contributed by atoms with Gasteiger partial charge in [-0.1, -0.05) is 0 Å². The van der Waals surface area contributed by atoms with Gasteiger partial charge in [0.25, 0.3) is 0 Å². The molecule has 0 N–H and O–H groups in total. The minimum absolute atomic E-state index is 0.159. The highest BCUT2D eigenvalue weighted by atomic mass is 16.6. The van der Waals surface area contributed by atoms with Crippen molar-refractivity contribution in [3.8, 4) is 0 Å². The Kier molecular flexibility index (Phi) is 1.37. The molecule has 11 heavy (non-hydrogen) atoms. The molecule has 2 nitrogen and oxygen atoms in total. The van der Waals surface area contributed by atoms with Crippen LogP contribution < -0.4 is 0 Å². The molecule has 0 bridgehead atoms. The van der Waals surface area contributed by atoms with Crippen molar-refractivity contribution in [3.05, 3.63) is 0 Å². The molecule has 1 saturated heterocycles. The predicted octanol–water partition coefficient (Wildman–Crippen LogP) is 1.53. The summed E-state index contributed by atoms with van der Waals surface area (Å²) in [7, 11) is 0. The van der Waals surface area contributed by atoms with Crippen LogP contribution in [0.2, 0.25) is 0 Å². The fraction of sp³-hybridized carbons (Fsp3) is 0.889. The van der Waals surface area contributed by atoms with Crippen molar-refractivity contribution >= 4 is 5.78 Å². The third kappa shape index (κ3) is 1.09. The number of carbonyl (C=O) groups is 1. The first-order valence-electron chi connectivity index (χ1n) is 4.30. The third-order valence-corrected chi connectivity index (χ3v) is 3.10. The number of epoxide rings is 1. The maximum atomic E-state index is 11.0. The Hall–Kier alpha value is -0.370. The summed E-state index contributed by atoms with van der Waals surface area (Å²) in [6.07, 6.45) is 3.46. The van der Waals surface area contributed by atoms with Crippen molar-refractivity contribution in [1.29, 1.82) is 0 Å². The topological polar surface area (TPSA) is 29.6 Å². The van der Waals surface area contributed by atoms with Gasteiger partial charge >= 0.3 is 0 Å². The van der Waals surface area contributed by atoms with E-state index in [1.165, 1.54) is 0 Å². The van der Waals surface area contributed by atoms with Crippen molar-refractivity contribution in [1.82, 2.24) is 0 Å². The Bertz CT molecular complexity index is 200. The highest BCUT2D eigenvalue weighted by Gasteiger charge is 2.55. The van der Waals surface area contributed by atoms with Crippen LogP contribution in [0.3, 0.4) is 0 Å². The van der Waals surface area contributed by atoms with Gasteiger partial charge in [-0.25, -0.2) is 0 Å². The quantitative estimate of drug-likeness (QED) is 0.536. The lowest BCUT2D eigenvalue weighted by molar-refractivity contribution is -0.121. The average molecular weight is 154 g/mol. The van der Waals surface area contributed by atoms with E-state index in [1.54, 1.807) is 6.92 Å². The summed E-state index contributed by atoms with van der Waals surface area (Å²) in [6.45, 7) is 3.84. The van der Waals surface area contributed by atoms with Crippen LogP contribution in [0.25, 0.3) is 0 Å². The molecule has 0 radical (unpaired) electrons. The van der Waals surface area contributed by atoms with Crippen LogP contribution in [0.15, 0.2) is 0 Å². The van der Waals surface area contributed by atoms with Crippen LogP contribution in [-0.4, -0.2) is 17.5 Å². The first kappa shape index (κ1) is 7.29. The molecule has 2 heteroatoms. The summed E-state index contributed by atoms with van der Waals surface area (Å²) in [6, 6.07) is 0. The zero-order valence-corrected chi connectivity index (χ0v) is 7.09. The molecule has 2 rings (SSSR count). The summed E-state index contributed by atoms with van der Waals surface area (Å²) in [5.41, 5.74) is 0.159. The molecule has 3 unspecified atom stereocenters. The molecule has 0 aromatic rings. The zero-order valence-electron chi connectivity index (χ0n) is 7.09. The van der Waals surface area contributed by atoms with Crippen LogP contribution in [0.5, 0.6) is 0 Å². The normalized spacial score (nSPS) is 48.2. The molecule has 1 heterocycles. The molecule has 1 aliphatic carbocycles. The van der Waals surface area contributed by atoms with E-state index in [4.69, 9.17) is 4.74 Å². The maximum absolute atomic E-state index is 11.0. The molecule has 2 fully saturated rings. The average Bonchev–Trinajstić information content (AvgIpc) is 2.58. The van der Waals surface area contributed by atoms with E-state index in [-0.39, 0.29) is 11.5 Å². The number of rotatable bonds is 1. The van der Waals surface area contributed by atoms with Gasteiger partial charge in [0.05, 0.1) is 11.7 Å². The zero-order chi connectivity index (χ0) is 8.06. The Morgan fingerprint density at radius 2 is 2.36 bits per heavy atom. The van der Waals surface area contributed by atoms with Crippen LogP contribution >= 0.6 is 0 Å². The fourth-order valence-corrected chi connectivity index (χ4v) is 2.01. The summed E-state index contributed by atoms with van der Waals surface area (Å²) in [5.74, 6) is 0.623. The van der Waals surface area contributed by atoms with E-state index in [1.807, 2.05) is 0 Å². The predicted molar refractivity (Wildman–Crippen MR) is 41.3 cm³/mol. The molecule has 1 aliphatic heterocycles. The number of ketones is 1. The molecule has 1 saturated carbocycles. The van der Waals surface area contributed by atoms with E-state index in [9.17, 15) is 4.79 Å². The standard InChI is InChI=1S/C9H14O2/c1-6(10)7-3-4-9(2)8(5-7)11-9/h7-8H,3-5H2,1-2H3. The lowest BCUT2D eigenvalue weighted by atomic mass is 9.81. The molecule has 0 aromatic heterocycles. The molecule has 2 aliphatic rings. The molecule has 0 amide bonds. The van der Waals surface area contributed by atoms with Crippen molar-refractivity contribution in [2.45, 2.75) is 44.8 Å². The summed E-state index contributed by atoms with van der Waals surface area (Å²) >= 11 is 0. The number of Topliss-reactive ketones (excluding diaryl/α,β-unsaturated/α-hetero) is 1. The van der Waals surface area contributed by atoms with Crippen molar-refractivity contribution in [3.63, 3.8) is 0 Å². The van der Waals surface area contributed by atoms with Gasteiger partial charge in [-0.2, -0.15) is 0 Å². The van der Waals surface area contributed by atoms with E-state index < -0.39 is 0 Å². The van der Waals surface area contributed by atoms with Crippen molar-refractivity contribution in [2.24, 2.45) is 5.92 Å². The van der Waals surface area contributed by atoms with Crippen molar-refractivity contribution in [2.75, 3.05) is 0 Å². The van der Waals surface area contributed by atoms with E-state index in [0.29, 0.717) is 11.9 Å². The summed E-state index contributed by atoms with van der Waals surface area (Å²) < 4.78 is 5.49. The minimum Gasteiger partial charge on any atom is -0.366 e. The Labute approximate surface area is 66.9 Å². The highest BCUT2D eigenvalue weighted by Crippen LogP contribution is 2.49. The Morgan fingerprint density at radius 3 is 2.91 bits per heavy atom. The smallest absolute Gasteiger partial charge is 0.133 e. The van der Waals surface area contributed by atoms with E-state index >= 15 is 0 Å². The van der Waals surface area contributed by atoms with Crippen LogP contribution in [0.1, 0.15) is 33.1 Å². The largest absolute Gasteiger partial charge is 0.366 e. The number of ether oxygens (including phenoxy) is 1. The first-order valence-corrected chi connectivity index (χ1v) is 4.30. The Balaban J connectivity index is 1.98. The van der Waals surface area contributed by atoms with E-state index in [0.717, 1.165) is 19.3 Å². The number of hydrogen-bond donors (Lipinski definition) is 0. The molecule has 0 spiro atoms. The van der Waals surface area contributed by atoms with Gasteiger partial charge < -0.3 is 4.74 Å². The minimum atomic E-state index is 0.159. The Morgan fingerprint density at radius 1 is 1.64 bits per heavy atom. The molecular weight excluding hydrogens is 140 g/mol. The lowest BCUT2D eigenvalue weighted by Crippen LogP contribution is -2.25. The lowest BCUT2D eigenvalue weighted by Gasteiger charge is -2.19. The number of carbonyl (C=O) groups excluding carboxylic acids is 1. The second-order valence-corrected chi connectivity index (χ2v) is 4.00. The third-order valence-electron chi connectivity index (χ3n) is 3.10. The number of hydrogen-bond acceptors (Lipinski definition) is 2. The summed E-state index contributed by atoms with van der Waals surface area (Å²) in [4.78, 5) is 11.0. The number of fused-ring (bicyclic) bond motifs is 1.